The van der Waals surface area contributed by atoms with Crippen LogP contribution in [0.3, 0.4) is 0 Å². The third-order valence-corrected chi connectivity index (χ3v) is 4.62. The molecular formula is C22H23N5O2S. The molecule has 2 aromatic heterocycles. The minimum Gasteiger partial charge on any atom is -0.495 e. The van der Waals surface area contributed by atoms with Gasteiger partial charge in [0.1, 0.15) is 11.4 Å². The first-order chi connectivity index (χ1) is 14.7. The molecule has 4 N–H and O–H groups in total. The molecule has 1 aromatic carbocycles. The van der Waals surface area contributed by atoms with E-state index >= 15 is 0 Å². The smallest absolute Gasteiger partial charge is 0.296 e. The summed E-state index contributed by atoms with van der Waals surface area (Å²) in [6.07, 6.45) is 4.36. The van der Waals surface area contributed by atoms with Crippen molar-refractivity contribution < 1.29 is 9.53 Å². The Morgan fingerprint density at radius 2 is 2.00 bits per heavy atom. The largest absolute Gasteiger partial charge is 0.495 e. The number of hydrogen-bond donors (Lipinski definition) is 4. The molecule has 0 atom stereocenters. The predicted octanol–water partition coefficient (Wildman–Crippen LogP) is 2.09. The maximum absolute atomic E-state index is 11.9. The molecule has 0 unspecified atom stereocenters. The summed E-state index contributed by atoms with van der Waals surface area (Å²) in [7, 11) is 1.57. The van der Waals surface area contributed by atoms with Crippen LogP contribution in [0.15, 0.2) is 48.8 Å². The van der Waals surface area contributed by atoms with Crippen molar-refractivity contribution in [2.75, 3.05) is 20.2 Å². The fourth-order valence-corrected chi connectivity index (χ4v) is 2.99. The van der Waals surface area contributed by atoms with Crippen molar-refractivity contribution in [1.29, 1.82) is 0 Å². The number of pyridine rings is 1. The molecule has 30 heavy (non-hydrogen) atoms. The Morgan fingerprint density at radius 1 is 1.17 bits per heavy atom. The van der Waals surface area contributed by atoms with Crippen molar-refractivity contribution in [2.24, 2.45) is 0 Å². The molecule has 0 saturated carbocycles. The van der Waals surface area contributed by atoms with E-state index in [2.05, 4.69) is 37.8 Å². The highest BCUT2D eigenvalue weighted by atomic mass is 32.1. The Hall–Kier alpha value is -3.57. The van der Waals surface area contributed by atoms with Gasteiger partial charge < -0.3 is 25.7 Å². The molecule has 0 fully saturated rings. The zero-order valence-electron chi connectivity index (χ0n) is 16.6. The van der Waals surface area contributed by atoms with Gasteiger partial charge in [0, 0.05) is 43.3 Å². The SMILES string of the molecule is COc1ccccc1C#CC(=O)NCCCNC(=S)NCc1ccnc2[nH]ccc12. The van der Waals surface area contributed by atoms with Gasteiger partial charge in [-0.1, -0.05) is 18.1 Å². The molecule has 1 amide bonds. The number of methoxy groups -OCH3 is 1. The number of ether oxygens (including phenoxy) is 1. The first-order valence-corrected chi connectivity index (χ1v) is 9.93. The molecule has 0 bridgehead atoms. The number of nitrogens with zero attached hydrogens (tertiary/aromatic N) is 1. The van der Waals surface area contributed by atoms with Crippen LogP contribution in [0.25, 0.3) is 11.0 Å². The number of aromatic amines is 1. The fourth-order valence-electron chi connectivity index (χ4n) is 2.82. The van der Waals surface area contributed by atoms with Gasteiger partial charge in [0.15, 0.2) is 5.11 Å². The van der Waals surface area contributed by atoms with Crippen LogP contribution < -0.4 is 20.7 Å². The predicted molar refractivity (Wildman–Crippen MR) is 121 cm³/mol. The third-order valence-electron chi connectivity index (χ3n) is 4.33. The van der Waals surface area contributed by atoms with Crippen LogP contribution >= 0.6 is 12.2 Å². The number of aromatic nitrogens is 2. The number of thiocarbonyl (C=S) groups is 1. The van der Waals surface area contributed by atoms with Gasteiger partial charge in [-0.25, -0.2) is 4.98 Å². The second-order valence-corrected chi connectivity index (χ2v) is 6.79. The number of H-pyrrole nitrogens is 1. The number of carbonyl (C=O) groups is 1. The molecule has 0 aliphatic carbocycles. The standard InChI is InChI=1S/C22H23N5O2S/c1-29-19-6-3-2-5-16(19)7-8-20(28)23-11-4-12-26-22(30)27-15-17-9-13-24-21-18(17)10-14-25-21/h2-3,5-6,9-10,13-14H,4,11-12,15H2,1H3,(H,23,28)(H,24,25)(H2,26,27,30). The summed E-state index contributed by atoms with van der Waals surface area (Å²) < 4.78 is 5.21. The lowest BCUT2D eigenvalue weighted by molar-refractivity contribution is -0.115. The van der Waals surface area contributed by atoms with E-state index in [1.165, 1.54) is 0 Å². The molecule has 0 spiro atoms. The van der Waals surface area contributed by atoms with E-state index in [1.54, 1.807) is 19.4 Å². The number of para-hydroxylation sites is 1. The first-order valence-electron chi connectivity index (χ1n) is 9.53. The van der Waals surface area contributed by atoms with Crippen LogP contribution in [0.2, 0.25) is 0 Å². The second kappa shape index (κ2) is 10.8. The maximum Gasteiger partial charge on any atom is 0.296 e. The lowest BCUT2D eigenvalue weighted by Gasteiger charge is -2.11. The topological polar surface area (TPSA) is 91.1 Å². The van der Waals surface area contributed by atoms with E-state index in [0.29, 0.717) is 36.1 Å². The quantitative estimate of drug-likeness (QED) is 0.265. The highest BCUT2D eigenvalue weighted by molar-refractivity contribution is 7.80. The van der Waals surface area contributed by atoms with Gasteiger partial charge in [0.05, 0.1) is 12.7 Å². The molecule has 0 aliphatic heterocycles. The summed E-state index contributed by atoms with van der Waals surface area (Å²) in [6.45, 7) is 1.75. The molecule has 3 aromatic rings. The average Bonchev–Trinajstić information content (AvgIpc) is 3.25. The van der Waals surface area contributed by atoms with Gasteiger partial charge >= 0.3 is 0 Å². The van der Waals surface area contributed by atoms with Crippen molar-refractivity contribution in [3.05, 3.63) is 59.9 Å². The van der Waals surface area contributed by atoms with E-state index in [-0.39, 0.29) is 5.91 Å². The number of hydrogen-bond acceptors (Lipinski definition) is 4. The lowest BCUT2D eigenvalue weighted by Crippen LogP contribution is -2.36. The molecule has 2 heterocycles. The van der Waals surface area contributed by atoms with E-state index < -0.39 is 0 Å². The van der Waals surface area contributed by atoms with Gasteiger partial charge in [-0.15, -0.1) is 0 Å². The fraction of sp³-hybridized carbons (Fsp3) is 0.227. The van der Waals surface area contributed by atoms with Gasteiger partial charge in [0.2, 0.25) is 0 Å². The van der Waals surface area contributed by atoms with Gasteiger partial charge in [-0.3, -0.25) is 4.79 Å². The van der Waals surface area contributed by atoms with Crippen LogP contribution in [0.4, 0.5) is 0 Å². The summed E-state index contributed by atoms with van der Waals surface area (Å²) in [6, 6.07) is 11.3. The highest BCUT2D eigenvalue weighted by Gasteiger charge is 2.03. The van der Waals surface area contributed by atoms with Crippen molar-refractivity contribution in [3.63, 3.8) is 0 Å². The van der Waals surface area contributed by atoms with E-state index in [0.717, 1.165) is 23.0 Å². The summed E-state index contributed by atoms with van der Waals surface area (Å²) >= 11 is 5.31. The van der Waals surface area contributed by atoms with Crippen molar-refractivity contribution in [1.82, 2.24) is 25.9 Å². The molecule has 0 radical (unpaired) electrons. The van der Waals surface area contributed by atoms with Crippen LogP contribution in [0, 0.1) is 11.8 Å². The number of amides is 1. The van der Waals surface area contributed by atoms with Crippen LogP contribution in [-0.4, -0.2) is 41.2 Å². The Morgan fingerprint density at radius 3 is 2.87 bits per heavy atom. The monoisotopic (exact) mass is 421 g/mol. The lowest BCUT2D eigenvalue weighted by atomic mass is 10.2. The number of rotatable bonds is 7. The van der Waals surface area contributed by atoms with Gasteiger partial charge in [-0.05, 0) is 48.5 Å². The number of fused-ring (bicyclic) bond motifs is 1. The Balaban J connectivity index is 1.33. The molecule has 0 aliphatic rings. The van der Waals surface area contributed by atoms with Crippen LogP contribution in [-0.2, 0) is 11.3 Å². The number of nitrogens with one attached hydrogen (secondary N) is 4. The van der Waals surface area contributed by atoms with Crippen LogP contribution in [0.1, 0.15) is 17.5 Å². The molecule has 3 rings (SSSR count). The van der Waals surface area contributed by atoms with E-state index in [4.69, 9.17) is 17.0 Å². The highest BCUT2D eigenvalue weighted by Crippen LogP contribution is 2.15. The first kappa shape index (κ1) is 21.1. The van der Waals surface area contributed by atoms with Gasteiger partial charge in [0.25, 0.3) is 5.91 Å². The summed E-state index contributed by atoms with van der Waals surface area (Å²) in [5.41, 5.74) is 2.66. The average molecular weight is 422 g/mol. The van der Waals surface area contributed by atoms with Gasteiger partial charge in [-0.2, -0.15) is 0 Å². The van der Waals surface area contributed by atoms with E-state index in [1.807, 2.05) is 36.5 Å². The van der Waals surface area contributed by atoms with E-state index in [9.17, 15) is 4.79 Å². The minimum absolute atomic E-state index is 0.324. The van der Waals surface area contributed by atoms with Crippen molar-refractivity contribution in [2.45, 2.75) is 13.0 Å². The molecular weight excluding hydrogens is 398 g/mol. The third kappa shape index (κ3) is 5.96. The zero-order chi connectivity index (χ0) is 21.2. The summed E-state index contributed by atoms with van der Waals surface area (Å²) in [5, 5.41) is 10.7. The van der Waals surface area contributed by atoms with Crippen molar-refractivity contribution in [3.8, 4) is 17.6 Å². The minimum atomic E-state index is -0.324. The molecule has 7 nitrogen and oxygen atoms in total. The Labute approximate surface area is 180 Å². The summed E-state index contributed by atoms with van der Waals surface area (Å²) in [4.78, 5) is 19.2. The Bertz CT molecular complexity index is 1080. The molecule has 0 saturated heterocycles. The number of benzene rings is 1. The molecule has 154 valence electrons. The second-order valence-electron chi connectivity index (χ2n) is 6.38. The van der Waals surface area contributed by atoms with Crippen molar-refractivity contribution >= 4 is 34.3 Å². The molecule has 8 heteroatoms. The number of carbonyl (C=O) groups excluding carboxylic acids is 1. The zero-order valence-corrected chi connectivity index (χ0v) is 17.4. The Kier molecular flexibility index (Phi) is 7.64. The maximum atomic E-state index is 11.9. The van der Waals surface area contributed by atoms with Crippen LogP contribution in [0.5, 0.6) is 5.75 Å². The normalized spacial score (nSPS) is 10.0. The summed E-state index contributed by atoms with van der Waals surface area (Å²) in [5.74, 6) is 5.72.